The Labute approximate surface area is 345 Å². The Morgan fingerprint density at radius 3 is 2.31 bits per heavy atom. The number of aliphatic imine (C=N–C) groups is 1. The average Bonchev–Trinajstić information content (AvgIpc) is 3.69. The van der Waals surface area contributed by atoms with Crippen LogP contribution in [0, 0.1) is 11.8 Å². The lowest BCUT2D eigenvalue weighted by molar-refractivity contribution is -0.314. The Morgan fingerprint density at radius 2 is 1.66 bits per heavy atom. The SMILES string of the molecule is CC[C@H]1OC(=O)[C@H](C)[C@@H](O[C@H]2C[C@@](C)(OC)[C@@H](O)[C@H](C)O2)[C@H](C)[C@@H](O[C@@H]2O[C@H](C)C[C@H]3[C@H]2OC(=NCc2ccccc2)N3C)[C@@](C)(OC)C/C(C)=C2\O[C@@]1(C)C=C2C. The van der Waals surface area contributed by atoms with Crippen LogP contribution in [0.1, 0.15) is 100 Å². The highest BCUT2D eigenvalue weighted by atomic mass is 16.7. The number of rotatable bonds is 9. The number of carbonyl (C=O) groups is 1. The molecule has 58 heavy (non-hydrogen) atoms. The molecular formula is C45H68N2O11. The predicted octanol–water partition coefficient (Wildman–Crippen LogP) is 6.46. The van der Waals surface area contributed by atoms with E-state index in [2.05, 4.69) is 17.9 Å². The third-order valence-corrected chi connectivity index (χ3v) is 13.3. The van der Waals surface area contributed by atoms with E-state index in [1.807, 2.05) is 92.8 Å². The first-order valence-corrected chi connectivity index (χ1v) is 21.0. The van der Waals surface area contributed by atoms with E-state index in [4.69, 9.17) is 47.6 Å². The van der Waals surface area contributed by atoms with Gasteiger partial charge in [-0.05, 0) is 91.0 Å². The predicted molar refractivity (Wildman–Crippen MR) is 218 cm³/mol. The molecule has 0 radical (unpaired) electrons. The zero-order chi connectivity index (χ0) is 42.3. The van der Waals surface area contributed by atoms with Gasteiger partial charge in [-0.25, -0.2) is 4.99 Å². The molecule has 0 saturated carbocycles. The van der Waals surface area contributed by atoms with E-state index in [9.17, 15) is 9.90 Å². The molecule has 5 heterocycles. The molecule has 13 nitrogen and oxygen atoms in total. The van der Waals surface area contributed by atoms with Gasteiger partial charge in [-0.15, -0.1) is 0 Å². The van der Waals surface area contributed by atoms with Crippen molar-refractivity contribution in [3.63, 3.8) is 0 Å². The maximum absolute atomic E-state index is 14.5. The van der Waals surface area contributed by atoms with Crippen LogP contribution in [-0.4, -0.2) is 121 Å². The van der Waals surface area contributed by atoms with Gasteiger partial charge >= 0.3 is 5.97 Å². The summed E-state index contributed by atoms with van der Waals surface area (Å²) < 4.78 is 59.3. The number of aliphatic hydroxyl groups excluding tert-OH is 1. The normalized spacial score (nSPS) is 44.3. The van der Waals surface area contributed by atoms with Crippen LogP contribution < -0.4 is 0 Å². The van der Waals surface area contributed by atoms with Crippen molar-refractivity contribution in [1.29, 1.82) is 0 Å². The summed E-state index contributed by atoms with van der Waals surface area (Å²) in [7, 11) is 5.25. The molecule has 1 N–H and O–H groups in total. The van der Waals surface area contributed by atoms with E-state index in [0.717, 1.165) is 22.5 Å². The molecule has 15 atom stereocenters. The van der Waals surface area contributed by atoms with Gasteiger partial charge in [-0.1, -0.05) is 44.2 Å². The molecule has 3 saturated heterocycles. The number of allylic oxidation sites excluding steroid dienone is 1. The minimum Gasteiger partial charge on any atom is -0.479 e. The summed E-state index contributed by atoms with van der Waals surface area (Å²) in [6.07, 6.45) is -1.98. The molecule has 324 valence electrons. The van der Waals surface area contributed by atoms with Crippen molar-refractivity contribution in [1.82, 2.24) is 4.90 Å². The van der Waals surface area contributed by atoms with E-state index < -0.39 is 83.8 Å². The van der Waals surface area contributed by atoms with Gasteiger partial charge < -0.3 is 52.6 Å². The van der Waals surface area contributed by atoms with Crippen molar-refractivity contribution >= 4 is 12.0 Å². The summed E-state index contributed by atoms with van der Waals surface area (Å²) in [5.74, 6) is -1.02. The van der Waals surface area contributed by atoms with Crippen molar-refractivity contribution < 1.29 is 52.5 Å². The fourth-order valence-electron chi connectivity index (χ4n) is 9.78. The number of hydrogen-bond donors (Lipinski definition) is 1. The molecule has 0 unspecified atom stereocenters. The van der Waals surface area contributed by atoms with E-state index >= 15 is 0 Å². The lowest BCUT2D eigenvalue weighted by atomic mass is 9.78. The lowest BCUT2D eigenvalue weighted by Gasteiger charge is -2.48. The monoisotopic (exact) mass is 812 g/mol. The van der Waals surface area contributed by atoms with Crippen molar-refractivity contribution in [2.75, 3.05) is 21.3 Å². The van der Waals surface area contributed by atoms with Gasteiger partial charge in [0.2, 0.25) is 0 Å². The number of carbonyl (C=O) groups excluding carboxylic acids is 1. The van der Waals surface area contributed by atoms with Crippen LogP contribution >= 0.6 is 0 Å². The number of nitrogens with zero attached hydrogens (tertiary/aromatic N) is 2. The quantitative estimate of drug-likeness (QED) is 0.274. The van der Waals surface area contributed by atoms with Gasteiger partial charge in [0, 0.05) is 40.0 Å². The highest BCUT2D eigenvalue weighted by Gasteiger charge is 2.55. The Bertz CT molecular complexity index is 1700. The third kappa shape index (κ3) is 8.73. The number of benzene rings is 1. The lowest BCUT2D eigenvalue weighted by Crippen LogP contribution is -2.60. The number of hydrogen-bond acceptors (Lipinski definition) is 12. The number of cyclic esters (lactones) is 1. The Morgan fingerprint density at radius 1 is 0.966 bits per heavy atom. The Kier molecular flexibility index (Phi) is 13.4. The Balaban J connectivity index is 1.41. The number of likely N-dealkylation sites (N-methyl/N-ethyl adjacent to an activating group) is 1. The first-order chi connectivity index (χ1) is 27.4. The second kappa shape index (κ2) is 17.5. The molecule has 1 aromatic rings. The maximum atomic E-state index is 14.5. The summed E-state index contributed by atoms with van der Waals surface area (Å²) in [6, 6.07) is 10.5. The topological polar surface area (TPSA) is 136 Å². The van der Waals surface area contributed by atoms with E-state index in [0.29, 0.717) is 31.8 Å². The molecule has 5 aliphatic rings. The van der Waals surface area contributed by atoms with Gasteiger partial charge in [0.1, 0.15) is 18.0 Å². The van der Waals surface area contributed by atoms with Crippen LogP contribution in [0.5, 0.6) is 0 Å². The smallest absolute Gasteiger partial charge is 0.311 e. The average molecular weight is 813 g/mol. The minimum absolute atomic E-state index is 0.0643. The van der Waals surface area contributed by atoms with Gasteiger partial charge in [0.15, 0.2) is 24.3 Å². The second-order valence-corrected chi connectivity index (χ2v) is 17.9. The van der Waals surface area contributed by atoms with Crippen LogP contribution in [0.4, 0.5) is 0 Å². The first-order valence-electron chi connectivity index (χ1n) is 21.0. The van der Waals surface area contributed by atoms with Crippen molar-refractivity contribution in [3.05, 3.63) is 58.9 Å². The van der Waals surface area contributed by atoms with Gasteiger partial charge in [-0.3, -0.25) is 4.79 Å². The second-order valence-electron chi connectivity index (χ2n) is 17.9. The summed E-state index contributed by atoms with van der Waals surface area (Å²) in [5.41, 5.74) is 0.170. The summed E-state index contributed by atoms with van der Waals surface area (Å²) in [5, 5.41) is 11.1. The first kappa shape index (κ1) is 44.5. The molecule has 0 amide bonds. The zero-order valence-corrected chi connectivity index (χ0v) is 36.9. The van der Waals surface area contributed by atoms with Crippen molar-refractivity contribution in [2.24, 2.45) is 16.8 Å². The van der Waals surface area contributed by atoms with Crippen molar-refractivity contribution in [2.45, 2.75) is 180 Å². The summed E-state index contributed by atoms with van der Waals surface area (Å²) >= 11 is 0. The molecule has 0 aromatic heterocycles. The zero-order valence-electron chi connectivity index (χ0n) is 36.9. The number of aliphatic hydroxyl groups is 1. The molecule has 1 aromatic carbocycles. The van der Waals surface area contributed by atoms with Crippen LogP contribution in [0.3, 0.4) is 0 Å². The largest absolute Gasteiger partial charge is 0.479 e. The van der Waals surface area contributed by atoms with E-state index in [1.165, 1.54) is 0 Å². The highest BCUT2D eigenvalue weighted by molar-refractivity contribution is 5.76. The standard InChI is InChI=1S/C45H68N2O11/c1-14-33-43(8)21-25(2)35(58-43)26(3)22-45(10,51-13)39(28(5)36(29(6)40(49)54-33)55-34-23-44(9,50-12)38(48)30(7)53-34)57-41-37-32(20-27(4)52-41)47(11)42(56-37)46-24-31-18-16-15-17-19-31/h15-19,21,27-30,32-34,36-39,41,48H,14,20,22-24H2,1-13H3/b35-26-,46-42?/t27-,28+,29-,30+,32+,33-,34+,36+,37-,38+,39-,41+,43+,44-,45+/m1/s1. The fraction of sp³-hybridized carbons (Fsp3) is 0.733. The molecule has 6 rings (SSSR count). The molecular weight excluding hydrogens is 744 g/mol. The van der Waals surface area contributed by atoms with Crippen molar-refractivity contribution in [3.8, 4) is 0 Å². The summed E-state index contributed by atoms with van der Waals surface area (Å²) in [6.45, 7) is 20.0. The number of fused-ring (bicyclic) bond motifs is 3. The highest BCUT2D eigenvalue weighted by Crippen LogP contribution is 2.45. The van der Waals surface area contributed by atoms with Crippen LogP contribution in [0.2, 0.25) is 0 Å². The van der Waals surface area contributed by atoms with Crippen LogP contribution in [0.15, 0.2) is 58.3 Å². The van der Waals surface area contributed by atoms with E-state index in [-0.39, 0.29) is 18.6 Å². The maximum Gasteiger partial charge on any atom is 0.311 e. The number of ether oxygens (including phenoxy) is 9. The molecule has 3 fully saturated rings. The van der Waals surface area contributed by atoms with Gasteiger partial charge in [-0.2, -0.15) is 0 Å². The molecule has 13 heteroatoms. The fourth-order valence-corrected chi connectivity index (χ4v) is 9.78. The van der Waals surface area contributed by atoms with Crippen LogP contribution in [0.25, 0.3) is 0 Å². The van der Waals surface area contributed by atoms with Gasteiger partial charge in [0.05, 0.1) is 54.1 Å². The third-order valence-electron chi connectivity index (χ3n) is 13.3. The molecule has 5 aliphatic heterocycles. The molecule has 0 spiro atoms. The van der Waals surface area contributed by atoms with Gasteiger partial charge in [0.25, 0.3) is 6.02 Å². The van der Waals surface area contributed by atoms with E-state index in [1.54, 1.807) is 21.1 Å². The Hall–Kier alpha value is -3.04. The summed E-state index contributed by atoms with van der Waals surface area (Å²) in [4.78, 5) is 21.4. The molecule has 2 bridgehead atoms. The minimum atomic E-state index is -1.01. The van der Waals surface area contributed by atoms with Crippen LogP contribution in [-0.2, 0) is 54.0 Å². The number of esters is 1. The molecule has 0 aliphatic carbocycles. The number of amidine groups is 1. The number of methoxy groups -OCH3 is 2.